The summed E-state index contributed by atoms with van der Waals surface area (Å²) in [6, 6.07) is 11.8. The maximum atomic E-state index is 12.8. The number of halogens is 4. The van der Waals surface area contributed by atoms with Crippen molar-refractivity contribution in [3.63, 3.8) is 0 Å². The number of benzene rings is 2. The molecule has 1 N–H and O–H groups in total. The minimum atomic E-state index is -4.59. The van der Waals surface area contributed by atoms with Crippen molar-refractivity contribution in [3.05, 3.63) is 70.2 Å². The maximum Gasteiger partial charge on any atom is 0.417 e. The molecule has 23 heavy (non-hydrogen) atoms. The molecule has 0 radical (unpaired) electrons. The van der Waals surface area contributed by atoms with Crippen molar-refractivity contribution in [1.29, 1.82) is 0 Å². The predicted octanol–water partition coefficient (Wildman–Crippen LogP) is 3.98. The Labute approximate surface area is 137 Å². The summed E-state index contributed by atoms with van der Waals surface area (Å²) < 4.78 is 64.5. The summed E-state index contributed by atoms with van der Waals surface area (Å²) in [5, 5.41) is -0.423. The van der Waals surface area contributed by atoms with Crippen LogP contribution in [0.3, 0.4) is 0 Å². The first kappa shape index (κ1) is 17.8. The summed E-state index contributed by atoms with van der Waals surface area (Å²) in [7, 11) is -3.66. The lowest BCUT2D eigenvalue weighted by molar-refractivity contribution is -0.137. The predicted molar refractivity (Wildman–Crippen MR) is 82.4 cm³/mol. The van der Waals surface area contributed by atoms with Gasteiger partial charge in [-0.05, 0) is 23.3 Å². The minimum absolute atomic E-state index is 0.179. The summed E-state index contributed by atoms with van der Waals surface area (Å²) in [6.45, 7) is -0.241. The van der Waals surface area contributed by atoms with E-state index in [-0.39, 0.29) is 17.9 Å². The highest BCUT2D eigenvalue weighted by Crippen LogP contribution is 2.35. The SMILES string of the molecule is O=S(=O)(Cc1ccccc1)NCc1ccc(Cl)c(C(F)(F)F)c1. The first-order valence-corrected chi connectivity index (χ1v) is 8.57. The average Bonchev–Trinajstić information content (AvgIpc) is 2.46. The third-order valence-electron chi connectivity index (χ3n) is 3.03. The molecule has 0 bridgehead atoms. The van der Waals surface area contributed by atoms with E-state index in [1.165, 1.54) is 6.07 Å². The highest BCUT2D eigenvalue weighted by molar-refractivity contribution is 7.88. The van der Waals surface area contributed by atoms with E-state index in [2.05, 4.69) is 4.72 Å². The minimum Gasteiger partial charge on any atom is -0.212 e. The molecular weight excluding hydrogens is 351 g/mol. The van der Waals surface area contributed by atoms with Crippen LogP contribution in [0, 0.1) is 0 Å². The lowest BCUT2D eigenvalue weighted by Crippen LogP contribution is -2.24. The monoisotopic (exact) mass is 363 g/mol. The highest BCUT2D eigenvalue weighted by Gasteiger charge is 2.33. The van der Waals surface area contributed by atoms with Crippen LogP contribution in [0.2, 0.25) is 5.02 Å². The zero-order valence-corrected chi connectivity index (χ0v) is 13.3. The summed E-state index contributed by atoms with van der Waals surface area (Å²) in [6.07, 6.45) is -4.59. The van der Waals surface area contributed by atoms with Crippen molar-refractivity contribution in [2.75, 3.05) is 0 Å². The Morgan fingerprint density at radius 2 is 1.65 bits per heavy atom. The van der Waals surface area contributed by atoms with Crippen molar-refractivity contribution in [2.24, 2.45) is 0 Å². The van der Waals surface area contributed by atoms with Gasteiger partial charge < -0.3 is 0 Å². The summed E-state index contributed by atoms with van der Waals surface area (Å²) in [5.41, 5.74) is -0.218. The van der Waals surface area contributed by atoms with Crippen molar-refractivity contribution >= 4 is 21.6 Å². The average molecular weight is 364 g/mol. The molecule has 0 aliphatic rings. The van der Waals surface area contributed by atoms with Crippen LogP contribution in [0.4, 0.5) is 13.2 Å². The van der Waals surface area contributed by atoms with Gasteiger partial charge in [0, 0.05) is 6.54 Å². The molecule has 8 heteroatoms. The van der Waals surface area contributed by atoms with Gasteiger partial charge in [0.1, 0.15) is 0 Å². The number of hydrogen-bond donors (Lipinski definition) is 1. The van der Waals surface area contributed by atoms with Gasteiger partial charge in [-0.15, -0.1) is 0 Å². The molecule has 0 amide bonds. The Hall–Kier alpha value is -1.57. The Morgan fingerprint density at radius 1 is 1.00 bits per heavy atom. The maximum absolute atomic E-state index is 12.8. The van der Waals surface area contributed by atoms with E-state index >= 15 is 0 Å². The van der Waals surface area contributed by atoms with Gasteiger partial charge in [0.05, 0.1) is 16.3 Å². The van der Waals surface area contributed by atoms with Crippen LogP contribution in [0.15, 0.2) is 48.5 Å². The van der Waals surface area contributed by atoms with E-state index in [0.29, 0.717) is 5.56 Å². The van der Waals surface area contributed by atoms with E-state index < -0.39 is 26.8 Å². The standard InChI is InChI=1S/C15H13ClF3NO2S/c16-14-7-6-12(8-13(14)15(17,18)19)9-20-23(21,22)10-11-4-2-1-3-5-11/h1-8,20H,9-10H2. The topological polar surface area (TPSA) is 46.2 Å². The van der Waals surface area contributed by atoms with Gasteiger partial charge in [-0.25, -0.2) is 13.1 Å². The number of nitrogens with one attached hydrogen (secondary N) is 1. The third kappa shape index (κ3) is 5.23. The molecule has 2 aromatic rings. The molecule has 3 nitrogen and oxygen atoms in total. The largest absolute Gasteiger partial charge is 0.417 e. The fourth-order valence-electron chi connectivity index (χ4n) is 1.94. The molecule has 0 spiro atoms. The van der Waals surface area contributed by atoms with E-state index in [4.69, 9.17) is 11.6 Å². The molecule has 0 fully saturated rings. The zero-order chi connectivity index (χ0) is 17.1. The number of sulfonamides is 1. The van der Waals surface area contributed by atoms with Crippen LogP contribution in [0.25, 0.3) is 0 Å². The second kappa shape index (κ2) is 6.90. The van der Waals surface area contributed by atoms with Crippen LogP contribution in [-0.2, 0) is 28.5 Å². The van der Waals surface area contributed by atoms with Gasteiger partial charge in [-0.3, -0.25) is 0 Å². The molecule has 0 saturated heterocycles. The van der Waals surface area contributed by atoms with E-state index in [1.807, 2.05) is 0 Å². The van der Waals surface area contributed by atoms with E-state index in [0.717, 1.165) is 12.1 Å². The normalized spacial score (nSPS) is 12.3. The quantitative estimate of drug-likeness (QED) is 0.873. The molecule has 0 saturated carbocycles. The molecule has 2 rings (SSSR count). The lowest BCUT2D eigenvalue weighted by atomic mass is 10.1. The summed E-state index contributed by atoms with van der Waals surface area (Å²) in [4.78, 5) is 0. The Balaban J connectivity index is 2.08. The van der Waals surface area contributed by atoms with Crippen LogP contribution in [0.5, 0.6) is 0 Å². The second-order valence-electron chi connectivity index (χ2n) is 4.88. The smallest absolute Gasteiger partial charge is 0.212 e. The van der Waals surface area contributed by atoms with Crippen molar-refractivity contribution < 1.29 is 21.6 Å². The molecule has 0 aromatic heterocycles. The van der Waals surface area contributed by atoms with Gasteiger partial charge in [-0.2, -0.15) is 13.2 Å². The van der Waals surface area contributed by atoms with E-state index in [1.54, 1.807) is 30.3 Å². The Bertz CT molecular complexity index is 777. The fraction of sp³-hybridized carbons (Fsp3) is 0.200. The fourth-order valence-corrected chi connectivity index (χ4v) is 3.28. The number of alkyl halides is 3. The number of rotatable bonds is 5. The molecule has 2 aromatic carbocycles. The van der Waals surface area contributed by atoms with Crippen LogP contribution >= 0.6 is 11.6 Å². The molecule has 0 heterocycles. The van der Waals surface area contributed by atoms with Crippen LogP contribution in [-0.4, -0.2) is 8.42 Å². The third-order valence-corrected chi connectivity index (χ3v) is 4.66. The molecule has 124 valence electrons. The van der Waals surface area contributed by atoms with Crippen molar-refractivity contribution in [2.45, 2.75) is 18.5 Å². The van der Waals surface area contributed by atoms with Gasteiger partial charge in [0.2, 0.25) is 10.0 Å². The Morgan fingerprint density at radius 3 is 2.26 bits per heavy atom. The van der Waals surface area contributed by atoms with Crippen molar-refractivity contribution in [3.8, 4) is 0 Å². The number of hydrogen-bond acceptors (Lipinski definition) is 2. The first-order chi connectivity index (χ1) is 10.7. The van der Waals surface area contributed by atoms with Gasteiger partial charge in [-0.1, -0.05) is 48.0 Å². The van der Waals surface area contributed by atoms with Gasteiger partial charge in [0.15, 0.2) is 0 Å². The van der Waals surface area contributed by atoms with Crippen molar-refractivity contribution in [1.82, 2.24) is 4.72 Å². The second-order valence-corrected chi connectivity index (χ2v) is 7.09. The molecule has 0 unspecified atom stereocenters. The van der Waals surface area contributed by atoms with Crippen LogP contribution < -0.4 is 4.72 Å². The molecule has 0 aliphatic carbocycles. The highest BCUT2D eigenvalue weighted by atomic mass is 35.5. The molecule has 0 aliphatic heterocycles. The molecular formula is C15H13ClF3NO2S. The zero-order valence-electron chi connectivity index (χ0n) is 11.8. The van der Waals surface area contributed by atoms with Crippen LogP contribution in [0.1, 0.15) is 16.7 Å². The first-order valence-electron chi connectivity index (χ1n) is 6.54. The molecule has 0 atom stereocenters. The van der Waals surface area contributed by atoms with Gasteiger partial charge >= 0.3 is 6.18 Å². The van der Waals surface area contributed by atoms with Gasteiger partial charge in [0.25, 0.3) is 0 Å². The Kier molecular flexibility index (Phi) is 5.33. The summed E-state index contributed by atoms with van der Waals surface area (Å²) >= 11 is 5.52. The summed E-state index contributed by atoms with van der Waals surface area (Å²) in [5.74, 6) is -0.243. The van der Waals surface area contributed by atoms with E-state index in [9.17, 15) is 21.6 Å². The lowest BCUT2D eigenvalue weighted by Gasteiger charge is -2.12.